The first-order valence-corrected chi connectivity index (χ1v) is 12.1. The molecular formula is C27H26FN5O4. The molecule has 3 amide bonds. The number of halogens is 1. The van der Waals surface area contributed by atoms with Crippen molar-refractivity contribution in [3.63, 3.8) is 0 Å². The van der Waals surface area contributed by atoms with Gasteiger partial charge in [-0.1, -0.05) is 18.9 Å². The molecule has 1 saturated carbocycles. The second kappa shape index (κ2) is 9.93. The molecule has 1 fully saturated rings. The number of nitrogens with zero attached hydrogens (tertiary/aromatic N) is 1. The van der Waals surface area contributed by atoms with E-state index in [2.05, 4.69) is 20.9 Å². The zero-order chi connectivity index (χ0) is 26.1. The van der Waals surface area contributed by atoms with E-state index in [1.165, 1.54) is 18.2 Å². The molecular weight excluding hydrogens is 477 g/mol. The number of aromatic nitrogens is 1. The van der Waals surface area contributed by atoms with Gasteiger partial charge in [0.05, 0.1) is 19.1 Å². The third kappa shape index (κ3) is 5.11. The molecule has 0 unspecified atom stereocenters. The summed E-state index contributed by atoms with van der Waals surface area (Å²) in [5, 5.41) is 18.6. The van der Waals surface area contributed by atoms with Crippen LogP contribution in [0.15, 0.2) is 42.5 Å². The van der Waals surface area contributed by atoms with Crippen molar-refractivity contribution in [3.8, 4) is 11.8 Å². The van der Waals surface area contributed by atoms with E-state index in [0.29, 0.717) is 29.3 Å². The number of hydrogen-bond donors (Lipinski definition) is 4. The SMILES string of the molecule is COc1cccc2[nH]c(C(=O)N[C@@H](CC3CC3)C(=O)N[C@H](C#N)C[C@H]3C(=O)Nc4ccc(F)cc43)cc12. The van der Waals surface area contributed by atoms with Gasteiger partial charge in [-0.2, -0.15) is 5.26 Å². The van der Waals surface area contributed by atoms with E-state index < -0.39 is 35.6 Å². The maximum Gasteiger partial charge on any atom is 0.268 e. The van der Waals surface area contributed by atoms with Crippen LogP contribution in [0.25, 0.3) is 10.9 Å². The third-order valence-corrected chi connectivity index (χ3v) is 6.88. The van der Waals surface area contributed by atoms with Crippen LogP contribution in [-0.4, -0.2) is 41.9 Å². The summed E-state index contributed by atoms with van der Waals surface area (Å²) in [6.07, 6.45) is 2.36. The van der Waals surface area contributed by atoms with Crippen molar-refractivity contribution in [2.75, 3.05) is 12.4 Å². The lowest BCUT2D eigenvalue weighted by Crippen LogP contribution is -2.50. The Morgan fingerprint density at radius 2 is 2.00 bits per heavy atom. The largest absolute Gasteiger partial charge is 0.496 e. The number of rotatable bonds is 9. The number of H-pyrrole nitrogens is 1. The molecule has 3 atom stereocenters. The molecule has 2 heterocycles. The zero-order valence-corrected chi connectivity index (χ0v) is 20.1. The topological polar surface area (TPSA) is 136 Å². The van der Waals surface area contributed by atoms with Crippen molar-refractivity contribution in [3.05, 3.63) is 59.5 Å². The van der Waals surface area contributed by atoms with Crippen molar-refractivity contribution in [2.24, 2.45) is 5.92 Å². The number of methoxy groups -OCH3 is 1. The minimum Gasteiger partial charge on any atom is -0.496 e. The predicted octanol–water partition coefficient (Wildman–Crippen LogP) is 3.35. The van der Waals surface area contributed by atoms with Gasteiger partial charge in [0.25, 0.3) is 5.91 Å². The summed E-state index contributed by atoms with van der Waals surface area (Å²) < 4.78 is 19.1. The molecule has 1 aliphatic carbocycles. The highest BCUT2D eigenvalue weighted by Gasteiger charge is 2.35. The average molecular weight is 504 g/mol. The normalized spacial score (nSPS) is 17.9. The lowest BCUT2D eigenvalue weighted by molar-refractivity contribution is -0.124. The third-order valence-electron chi connectivity index (χ3n) is 6.88. The number of amides is 3. The number of benzene rings is 2. The Morgan fingerprint density at radius 1 is 1.19 bits per heavy atom. The summed E-state index contributed by atoms with van der Waals surface area (Å²) in [5.41, 5.74) is 1.96. The highest BCUT2D eigenvalue weighted by molar-refractivity contribution is 6.03. The van der Waals surface area contributed by atoms with E-state index in [1.54, 1.807) is 19.2 Å². The minimum absolute atomic E-state index is 0.0174. The summed E-state index contributed by atoms with van der Waals surface area (Å²) in [6.45, 7) is 0. The van der Waals surface area contributed by atoms with Gasteiger partial charge in [0.2, 0.25) is 11.8 Å². The number of hydrogen-bond acceptors (Lipinski definition) is 5. The second-order valence-electron chi connectivity index (χ2n) is 9.51. The molecule has 0 saturated heterocycles. The molecule has 1 aromatic heterocycles. The Bertz CT molecular complexity index is 1420. The molecule has 5 rings (SSSR count). The van der Waals surface area contributed by atoms with Gasteiger partial charge in [-0.3, -0.25) is 14.4 Å². The van der Waals surface area contributed by atoms with Crippen molar-refractivity contribution < 1.29 is 23.5 Å². The van der Waals surface area contributed by atoms with Crippen LogP contribution in [0.2, 0.25) is 0 Å². The summed E-state index contributed by atoms with van der Waals surface area (Å²) in [5.74, 6) is -1.63. The van der Waals surface area contributed by atoms with Gasteiger partial charge in [-0.05, 0) is 60.7 Å². The highest BCUT2D eigenvalue weighted by atomic mass is 19.1. The number of nitrogens with one attached hydrogen (secondary N) is 4. The fraction of sp³-hybridized carbons (Fsp3) is 0.333. The number of nitriles is 1. The van der Waals surface area contributed by atoms with E-state index in [4.69, 9.17) is 4.74 Å². The Kier molecular flexibility index (Phi) is 6.53. The van der Waals surface area contributed by atoms with Crippen LogP contribution in [0, 0.1) is 23.1 Å². The minimum atomic E-state index is -1.01. The smallest absolute Gasteiger partial charge is 0.268 e. The van der Waals surface area contributed by atoms with Crippen LogP contribution in [0.5, 0.6) is 5.75 Å². The standard InChI is InChI=1S/C27H26FN5O4/c1-37-24-4-2-3-20-19(24)12-23(31-20)27(36)33-22(9-14-5-6-14)26(35)30-16(13-29)11-18-17-10-15(28)7-8-21(17)32-25(18)34/h2-4,7-8,10,12,14,16,18,22,31H,5-6,9,11H2,1H3,(H,30,35)(H,32,34)(H,33,36)/t16-,18+,22-/m0/s1. The van der Waals surface area contributed by atoms with Gasteiger partial charge < -0.3 is 25.7 Å². The number of ether oxygens (including phenoxy) is 1. The van der Waals surface area contributed by atoms with Crippen molar-refractivity contribution in [2.45, 2.75) is 43.7 Å². The second-order valence-corrected chi connectivity index (χ2v) is 9.51. The van der Waals surface area contributed by atoms with Gasteiger partial charge >= 0.3 is 0 Å². The van der Waals surface area contributed by atoms with Crippen LogP contribution >= 0.6 is 0 Å². The quantitative estimate of drug-likeness (QED) is 0.355. The van der Waals surface area contributed by atoms with E-state index in [0.717, 1.165) is 23.7 Å². The fourth-order valence-electron chi connectivity index (χ4n) is 4.76. The van der Waals surface area contributed by atoms with Crippen LogP contribution in [-0.2, 0) is 9.59 Å². The molecule has 37 heavy (non-hydrogen) atoms. The molecule has 9 nitrogen and oxygen atoms in total. The number of anilines is 1. The maximum atomic E-state index is 13.8. The first-order chi connectivity index (χ1) is 17.9. The van der Waals surface area contributed by atoms with Crippen molar-refractivity contribution in [1.82, 2.24) is 15.6 Å². The molecule has 3 aromatic rings. The van der Waals surface area contributed by atoms with Gasteiger partial charge in [-0.25, -0.2) is 4.39 Å². The number of aromatic amines is 1. The Labute approximate surface area is 212 Å². The Morgan fingerprint density at radius 3 is 2.73 bits per heavy atom. The molecule has 190 valence electrons. The van der Waals surface area contributed by atoms with E-state index in [9.17, 15) is 24.0 Å². The number of fused-ring (bicyclic) bond motifs is 2. The zero-order valence-electron chi connectivity index (χ0n) is 20.1. The molecule has 1 aliphatic heterocycles. The van der Waals surface area contributed by atoms with Crippen LogP contribution in [0.1, 0.15) is 47.7 Å². The first kappa shape index (κ1) is 24.3. The number of carbonyl (C=O) groups excluding carboxylic acids is 3. The lowest BCUT2D eigenvalue weighted by atomic mass is 9.93. The highest BCUT2D eigenvalue weighted by Crippen LogP contribution is 2.36. The van der Waals surface area contributed by atoms with Crippen molar-refractivity contribution in [1.29, 1.82) is 5.26 Å². The van der Waals surface area contributed by atoms with Gasteiger partial charge in [-0.15, -0.1) is 0 Å². The van der Waals surface area contributed by atoms with Gasteiger partial charge in [0.15, 0.2) is 0 Å². The van der Waals surface area contributed by atoms with Gasteiger partial charge in [0, 0.05) is 16.6 Å². The van der Waals surface area contributed by atoms with E-state index >= 15 is 0 Å². The molecule has 0 spiro atoms. The summed E-state index contributed by atoms with van der Waals surface area (Å²) in [4.78, 5) is 41.8. The number of carbonyl (C=O) groups is 3. The average Bonchev–Trinajstić information content (AvgIpc) is 3.51. The van der Waals surface area contributed by atoms with E-state index in [1.807, 2.05) is 18.2 Å². The monoisotopic (exact) mass is 503 g/mol. The van der Waals surface area contributed by atoms with Crippen LogP contribution < -0.4 is 20.7 Å². The lowest BCUT2D eigenvalue weighted by Gasteiger charge is -2.21. The predicted molar refractivity (Wildman–Crippen MR) is 133 cm³/mol. The summed E-state index contributed by atoms with van der Waals surface area (Å²) in [7, 11) is 1.55. The van der Waals surface area contributed by atoms with E-state index in [-0.39, 0.29) is 18.0 Å². The summed E-state index contributed by atoms with van der Waals surface area (Å²) >= 11 is 0. The maximum absolute atomic E-state index is 13.8. The molecule has 2 aromatic carbocycles. The molecule has 0 bridgehead atoms. The molecule has 4 N–H and O–H groups in total. The fourth-order valence-corrected chi connectivity index (χ4v) is 4.76. The first-order valence-electron chi connectivity index (χ1n) is 12.1. The molecule has 2 aliphatic rings. The van der Waals surface area contributed by atoms with Crippen molar-refractivity contribution >= 4 is 34.3 Å². The van der Waals surface area contributed by atoms with Gasteiger partial charge in [0.1, 0.15) is 29.3 Å². The Hall–Kier alpha value is -4.39. The van der Waals surface area contributed by atoms with Crippen LogP contribution in [0.4, 0.5) is 10.1 Å². The Balaban J connectivity index is 1.29. The summed E-state index contributed by atoms with van der Waals surface area (Å²) in [6, 6.07) is 11.2. The molecule has 0 radical (unpaired) electrons. The molecule has 10 heteroatoms. The van der Waals surface area contributed by atoms with Crippen LogP contribution in [0.3, 0.4) is 0 Å².